The Morgan fingerprint density at radius 1 is 1.15 bits per heavy atom. The summed E-state index contributed by atoms with van der Waals surface area (Å²) in [5.41, 5.74) is 3.21. The first-order valence-electron chi connectivity index (χ1n) is 8.82. The van der Waals surface area contributed by atoms with Crippen molar-refractivity contribution in [2.24, 2.45) is 0 Å². The minimum Gasteiger partial charge on any atom is -0.345 e. The van der Waals surface area contributed by atoms with E-state index >= 15 is 0 Å². The summed E-state index contributed by atoms with van der Waals surface area (Å²) in [7, 11) is -3.41. The molecule has 0 aliphatic heterocycles. The molecule has 2 aromatic rings. The van der Waals surface area contributed by atoms with Crippen LogP contribution in [-0.4, -0.2) is 27.1 Å². The van der Waals surface area contributed by atoms with Crippen molar-refractivity contribution in [3.05, 3.63) is 77.9 Å². The van der Waals surface area contributed by atoms with E-state index < -0.39 is 10.0 Å². The van der Waals surface area contributed by atoms with Gasteiger partial charge in [-0.1, -0.05) is 42.8 Å². The molecule has 0 aromatic heterocycles. The standard InChI is InChI=1S/C21H26N2O3S/c1-5-15-23(27(4,25)26)19-13-11-18(12-14-19)21(24)22-20(6-2)17-9-7-16(3)8-10-17/h5,7-14,20H,1,6,15H2,2-4H3,(H,22,24). The zero-order chi connectivity index (χ0) is 20.0. The van der Waals surface area contributed by atoms with Crippen molar-refractivity contribution in [3.63, 3.8) is 0 Å². The molecule has 1 atom stereocenters. The van der Waals surface area contributed by atoms with E-state index in [2.05, 4.69) is 11.9 Å². The molecule has 1 amide bonds. The van der Waals surface area contributed by atoms with E-state index in [9.17, 15) is 13.2 Å². The Hall–Kier alpha value is -2.60. The van der Waals surface area contributed by atoms with Crippen molar-refractivity contribution in [3.8, 4) is 0 Å². The van der Waals surface area contributed by atoms with Crippen LogP contribution < -0.4 is 9.62 Å². The van der Waals surface area contributed by atoms with Crippen LogP contribution in [0, 0.1) is 6.92 Å². The van der Waals surface area contributed by atoms with Crippen molar-refractivity contribution in [1.29, 1.82) is 0 Å². The quantitative estimate of drug-likeness (QED) is 0.701. The summed E-state index contributed by atoms with van der Waals surface area (Å²) in [5, 5.41) is 3.04. The number of benzene rings is 2. The molecule has 0 radical (unpaired) electrons. The summed E-state index contributed by atoms with van der Waals surface area (Å²) < 4.78 is 25.0. The van der Waals surface area contributed by atoms with Gasteiger partial charge in [0.25, 0.3) is 5.91 Å². The fourth-order valence-electron chi connectivity index (χ4n) is 2.79. The maximum absolute atomic E-state index is 12.6. The van der Waals surface area contributed by atoms with Crippen molar-refractivity contribution in [1.82, 2.24) is 5.32 Å². The summed E-state index contributed by atoms with van der Waals surface area (Å²) in [6.45, 7) is 7.81. The van der Waals surface area contributed by atoms with Crippen molar-refractivity contribution in [2.45, 2.75) is 26.3 Å². The number of amides is 1. The van der Waals surface area contributed by atoms with Crippen LogP contribution in [0.4, 0.5) is 5.69 Å². The van der Waals surface area contributed by atoms with Gasteiger partial charge in [0.15, 0.2) is 0 Å². The highest BCUT2D eigenvalue weighted by molar-refractivity contribution is 7.92. The van der Waals surface area contributed by atoms with Gasteiger partial charge >= 0.3 is 0 Å². The number of hydrogen-bond acceptors (Lipinski definition) is 3. The molecule has 0 fully saturated rings. The van der Waals surface area contributed by atoms with Crippen molar-refractivity contribution >= 4 is 21.6 Å². The van der Waals surface area contributed by atoms with Gasteiger partial charge in [-0.05, 0) is 43.2 Å². The molecule has 0 aliphatic carbocycles. The molecule has 0 aliphatic rings. The van der Waals surface area contributed by atoms with E-state index in [1.807, 2.05) is 38.1 Å². The van der Waals surface area contributed by atoms with Crippen LogP contribution >= 0.6 is 0 Å². The van der Waals surface area contributed by atoms with Crippen molar-refractivity contribution < 1.29 is 13.2 Å². The molecule has 1 N–H and O–H groups in total. The summed E-state index contributed by atoms with van der Waals surface area (Å²) >= 11 is 0. The Balaban J connectivity index is 2.16. The molecule has 5 nitrogen and oxygen atoms in total. The molecule has 0 heterocycles. The van der Waals surface area contributed by atoms with Gasteiger partial charge in [-0.2, -0.15) is 0 Å². The zero-order valence-corrected chi connectivity index (χ0v) is 16.8. The Morgan fingerprint density at radius 3 is 2.22 bits per heavy atom. The molecule has 0 spiro atoms. The second-order valence-corrected chi connectivity index (χ2v) is 8.38. The van der Waals surface area contributed by atoms with Gasteiger partial charge in [0.05, 0.1) is 24.5 Å². The normalized spacial score (nSPS) is 12.3. The van der Waals surface area contributed by atoms with E-state index in [4.69, 9.17) is 0 Å². The highest BCUT2D eigenvalue weighted by Gasteiger charge is 2.17. The number of aryl methyl sites for hydroxylation is 1. The lowest BCUT2D eigenvalue weighted by atomic mass is 10.0. The molecular formula is C21H26N2O3S. The minimum absolute atomic E-state index is 0.0777. The van der Waals surface area contributed by atoms with Gasteiger partial charge in [0.2, 0.25) is 10.0 Å². The molecule has 27 heavy (non-hydrogen) atoms. The van der Waals surface area contributed by atoms with Crippen LogP contribution in [0.5, 0.6) is 0 Å². The Bertz CT molecular complexity index is 888. The second-order valence-electron chi connectivity index (χ2n) is 6.47. The third-order valence-corrected chi connectivity index (χ3v) is 5.47. The monoisotopic (exact) mass is 386 g/mol. The molecule has 2 aromatic carbocycles. The minimum atomic E-state index is -3.41. The summed E-state index contributed by atoms with van der Waals surface area (Å²) in [6, 6.07) is 14.5. The number of hydrogen-bond donors (Lipinski definition) is 1. The third kappa shape index (κ3) is 5.44. The van der Waals surface area contributed by atoms with Crippen molar-refractivity contribution in [2.75, 3.05) is 17.1 Å². The zero-order valence-electron chi connectivity index (χ0n) is 16.0. The lowest BCUT2D eigenvalue weighted by Crippen LogP contribution is -2.30. The largest absolute Gasteiger partial charge is 0.345 e. The number of carbonyl (C=O) groups excluding carboxylic acids is 1. The number of sulfonamides is 1. The molecule has 0 bridgehead atoms. The number of nitrogens with zero attached hydrogens (tertiary/aromatic N) is 1. The highest BCUT2D eigenvalue weighted by atomic mass is 32.2. The fourth-order valence-corrected chi connectivity index (χ4v) is 3.67. The molecular weight excluding hydrogens is 360 g/mol. The lowest BCUT2D eigenvalue weighted by Gasteiger charge is -2.21. The molecule has 6 heteroatoms. The van der Waals surface area contributed by atoms with Gasteiger partial charge < -0.3 is 5.32 Å². The number of anilines is 1. The van der Waals surface area contributed by atoms with Gasteiger partial charge in [-0.15, -0.1) is 6.58 Å². The second kappa shape index (κ2) is 8.86. The van der Waals surface area contributed by atoms with Crippen LogP contribution in [0.2, 0.25) is 0 Å². The first kappa shape index (κ1) is 20.7. The molecule has 0 saturated heterocycles. The van der Waals surface area contributed by atoms with Gasteiger partial charge in [0, 0.05) is 5.56 Å². The van der Waals surface area contributed by atoms with Crippen LogP contribution in [0.15, 0.2) is 61.2 Å². The SMILES string of the molecule is C=CCN(c1ccc(C(=O)NC(CC)c2ccc(C)cc2)cc1)S(C)(=O)=O. The fraction of sp³-hybridized carbons (Fsp3) is 0.286. The first-order valence-corrected chi connectivity index (χ1v) is 10.7. The maximum Gasteiger partial charge on any atom is 0.251 e. The average Bonchev–Trinajstić information content (AvgIpc) is 2.64. The van der Waals surface area contributed by atoms with Gasteiger partial charge in [-0.25, -0.2) is 8.42 Å². The molecule has 2 rings (SSSR count). The summed E-state index contributed by atoms with van der Waals surface area (Å²) in [5.74, 6) is -0.191. The maximum atomic E-state index is 12.6. The highest BCUT2D eigenvalue weighted by Crippen LogP contribution is 2.20. The summed E-state index contributed by atoms with van der Waals surface area (Å²) in [4.78, 5) is 12.6. The summed E-state index contributed by atoms with van der Waals surface area (Å²) in [6.07, 6.45) is 3.44. The van der Waals surface area contributed by atoms with E-state index in [1.54, 1.807) is 24.3 Å². The average molecular weight is 387 g/mol. The van der Waals surface area contributed by atoms with Gasteiger partial charge in [-0.3, -0.25) is 9.10 Å². The molecule has 0 saturated carbocycles. The number of carbonyl (C=O) groups is 1. The van der Waals surface area contributed by atoms with E-state index in [0.29, 0.717) is 11.3 Å². The van der Waals surface area contributed by atoms with E-state index in [1.165, 1.54) is 15.9 Å². The van der Waals surface area contributed by atoms with E-state index in [0.717, 1.165) is 18.2 Å². The molecule has 1 unspecified atom stereocenters. The smallest absolute Gasteiger partial charge is 0.251 e. The number of nitrogens with one attached hydrogen (secondary N) is 1. The van der Waals surface area contributed by atoms with Crippen LogP contribution in [-0.2, 0) is 10.0 Å². The molecule has 144 valence electrons. The lowest BCUT2D eigenvalue weighted by molar-refractivity contribution is 0.0935. The van der Waals surface area contributed by atoms with Crippen LogP contribution in [0.3, 0.4) is 0 Å². The Kier molecular flexibility index (Phi) is 6.80. The third-order valence-electron chi connectivity index (χ3n) is 4.31. The predicted octanol–water partition coefficient (Wildman–Crippen LogP) is 3.83. The Labute approximate surface area is 161 Å². The predicted molar refractivity (Wildman–Crippen MR) is 111 cm³/mol. The van der Waals surface area contributed by atoms with Gasteiger partial charge in [0.1, 0.15) is 0 Å². The Morgan fingerprint density at radius 2 is 1.74 bits per heavy atom. The van der Waals surface area contributed by atoms with E-state index in [-0.39, 0.29) is 18.5 Å². The van der Waals surface area contributed by atoms with Crippen LogP contribution in [0.1, 0.15) is 40.9 Å². The number of rotatable bonds is 8. The van der Waals surface area contributed by atoms with Crippen LogP contribution in [0.25, 0.3) is 0 Å². The topological polar surface area (TPSA) is 66.5 Å². The first-order chi connectivity index (χ1) is 12.8.